The lowest BCUT2D eigenvalue weighted by Crippen LogP contribution is -2.29. The summed E-state index contributed by atoms with van der Waals surface area (Å²) < 4.78 is 80.1. The number of rotatable bonds is 5. The second-order valence-corrected chi connectivity index (χ2v) is 8.78. The van der Waals surface area contributed by atoms with Gasteiger partial charge in [-0.25, -0.2) is 18.1 Å². The van der Waals surface area contributed by atoms with Crippen LogP contribution in [0, 0.1) is 0 Å². The molecule has 2 aromatic carbocycles. The standard InChI is InChI=1S/C20H20F3N3O4S/c1-3-26-16-10-13(20(21,22)23)4-6-15(16)24-19(26)12(2)25-31(27,28)14-5-7-17-18(11-14)30-9-8-29-17/h4-7,10-12,25H,3,8-9H2,1-2H3/t12-/m1/s1. The first-order valence-electron chi connectivity index (χ1n) is 9.59. The highest BCUT2D eigenvalue weighted by Crippen LogP contribution is 2.34. The number of fused-ring (bicyclic) bond motifs is 2. The van der Waals surface area contributed by atoms with Crippen molar-refractivity contribution in [3.05, 3.63) is 47.8 Å². The van der Waals surface area contributed by atoms with Gasteiger partial charge < -0.3 is 14.0 Å². The van der Waals surface area contributed by atoms with Gasteiger partial charge >= 0.3 is 6.18 Å². The van der Waals surface area contributed by atoms with E-state index in [9.17, 15) is 21.6 Å². The number of aryl methyl sites for hydroxylation is 1. The minimum absolute atomic E-state index is 0.0119. The molecule has 1 aromatic heterocycles. The van der Waals surface area contributed by atoms with E-state index < -0.39 is 27.8 Å². The third-order valence-corrected chi connectivity index (χ3v) is 6.50. The van der Waals surface area contributed by atoms with Gasteiger partial charge in [-0.15, -0.1) is 0 Å². The van der Waals surface area contributed by atoms with E-state index in [-0.39, 0.29) is 10.4 Å². The van der Waals surface area contributed by atoms with E-state index >= 15 is 0 Å². The molecular formula is C20H20F3N3O4S. The number of hydrogen-bond acceptors (Lipinski definition) is 5. The number of benzene rings is 2. The number of hydrogen-bond donors (Lipinski definition) is 1. The van der Waals surface area contributed by atoms with E-state index in [1.807, 2.05) is 0 Å². The van der Waals surface area contributed by atoms with Crippen LogP contribution >= 0.6 is 0 Å². The quantitative estimate of drug-likeness (QED) is 0.631. The summed E-state index contributed by atoms with van der Waals surface area (Å²) in [6.07, 6.45) is -4.48. The molecule has 1 N–H and O–H groups in total. The van der Waals surface area contributed by atoms with Crippen molar-refractivity contribution in [1.82, 2.24) is 14.3 Å². The zero-order valence-electron chi connectivity index (χ0n) is 16.7. The Balaban J connectivity index is 1.67. The van der Waals surface area contributed by atoms with Crippen LogP contribution in [0.1, 0.15) is 31.3 Å². The van der Waals surface area contributed by atoms with Gasteiger partial charge in [-0.1, -0.05) is 0 Å². The number of halogens is 3. The minimum Gasteiger partial charge on any atom is -0.486 e. The maximum Gasteiger partial charge on any atom is 0.416 e. The molecule has 0 saturated carbocycles. The average molecular weight is 455 g/mol. The second-order valence-electron chi connectivity index (χ2n) is 7.06. The molecule has 0 radical (unpaired) electrons. The summed E-state index contributed by atoms with van der Waals surface area (Å²) in [4.78, 5) is 4.37. The van der Waals surface area contributed by atoms with E-state index in [0.29, 0.717) is 42.6 Å². The van der Waals surface area contributed by atoms with Crippen molar-refractivity contribution in [3.63, 3.8) is 0 Å². The van der Waals surface area contributed by atoms with Crippen molar-refractivity contribution in [3.8, 4) is 11.5 Å². The molecule has 1 atom stereocenters. The highest BCUT2D eigenvalue weighted by molar-refractivity contribution is 7.89. The molecule has 3 aromatic rings. The van der Waals surface area contributed by atoms with Gasteiger partial charge in [0.05, 0.1) is 27.5 Å². The maximum atomic E-state index is 13.1. The van der Waals surface area contributed by atoms with Gasteiger partial charge in [0.1, 0.15) is 19.0 Å². The first kappa shape index (κ1) is 21.4. The number of ether oxygens (including phenoxy) is 2. The lowest BCUT2D eigenvalue weighted by Gasteiger charge is -2.20. The Kier molecular flexibility index (Phi) is 5.34. The molecule has 31 heavy (non-hydrogen) atoms. The molecule has 2 heterocycles. The van der Waals surface area contributed by atoms with Gasteiger partial charge in [0.15, 0.2) is 11.5 Å². The molecule has 0 spiro atoms. The lowest BCUT2D eigenvalue weighted by atomic mass is 10.2. The monoisotopic (exact) mass is 455 g/mol. The van der Waals surface area contributed by atoms with Crippen molar-refractivity contribution < 1.29 is 31.1 Å². The Labute approximate surface area is 176 Å². The Bertz CT molecular complexity index is 1240. The van der Waals surface area contributed by atoms with E-state index in [1.54, 1.807) is 18.4 Å². The molecule has 0 saturated heterocycles. The molecule has 166 valence electrons. The number of aromatic nitrogens is 2. The predicted octanol–water partition coefficient (Wildman–Crippen LogP) is 3.89. The van der Waals surface area contributed by atoms with Crippen LogP contribution in [-0.4, -0.2) is 31.2 Å². The third-order valence-electron chi connectivity index (χ3n) is 4.96. The number of imidazole rings is 1. The normalized spacial score (nSPS) is 15.3. The van der Waals surface area contributed by atoms with Crippen LogP contribution in [0.4, 0.5) is 13.2 Å². The molecule has 0 amide bonds. The molecule has 0 fully saturated rings. The molecule has 7 nitrogen and oxygen atoms in total. The maximum absolute atomic E-state index is 13.1. The van der Waals surface area contributed by atoms with Crippen molar-refractivity contribution in [2.45, 2.75) is 37.5 Å². The molecule has 4 rings (SSSR count). The topological polar surface area (TPSA) is 82.5 Å². The summed E-state index contributed by atoms with van der Waals surface area (Å²) in [6.45, 7) is 4.38. The first-order valence-corrected chi connectivity index (χ1v) is 11.1. The number of nitrogens with one attached hydrogen (secondary N) is 1. The van der Waals surface area contributed by atoms with Crippen molar-refractivity contribution in [2.24, 2.45) is 0 Å². The molecule has 11 heteroatoms. The van der Waals surface area contributed by atoms with Crippen LogP contribution in [0.15, 0.2) is 41.3 Å². The molecule has 0 aliphatic carbocycles. The van der Waals surface area contributed by atoms with Gasteiger partial charge in [-0.3, -0.25) is 0 Å². The van der Waals surface area contributed by atoms with E-state index in [0.717, 1.165) is 12.1 Å². The number of sulfonamides is 1. The highest BCUT2D eigenvalue weighted by Gasteiger charge is 2.31. The van der Waals surface area contributed by atoms with Gasteiger partial charge in [-0.2, -0.15) is 13.2 Å². The smallest absolute Gasteiger partial charge is 0.416 e. The zero-order chi connectivity index (χ0) is 22.4. The zero-order valence-corrected chi connectivity index (χ0v) is 17.5. The molecule has 1 aliphatic heterocycles. The van der Waals surface area contributed by atoms with Gasteiger partial charge in [0, 0.05) is 12.6 Å². The van der Waals surface area contributed by atoms with Crippen LogP contribution in [-0.2, 0) is 22.7 Å². The average Bonchev–Trinajstić information content (AvgIpc) is 3.10. The summed E-state index contributed by atoms with van der Waals surface area (Å²) in [7, 11) is -3.95. The summed E-state index contributed by atoms with van der Waals surface area (Å²) in [5.41, 5.74) is -0.140. The summed E-state index contributed by atoms with van der Waals surface area (Å²) >= 11 is 0. The Hall–Kier alpha value is -2.79. The van der Waals surface area contributed by atoms with Crippen molar-refractivity contribution >= 4 is 21.1 Å². The van der Waals surface area contributed by atoms with Crippen LogP contribution in [0.25, 0.3) is 11.0 Å². The third kappa shape index (κ3) is 4.07. The minimum atomic E-state index is -4.48. The van der Waals surface area contributed by atoms with Gasteiger partial charge in [0.25, 0.3) is 0 Å². The van der Waals surface area contributed by atoms with Crippen molar-refractivity contribution in [1.29, 1.82) is 0 Å². The van der Waals surface area contributed by atoms with E-state index in [4.69, 9.17) is 9.47 Å². The summed E-state index contributed by atoms with van der Waals surface area (Å²) in [6, 6.07) is 6.78. The fourth-order valence-corrected chi connectivity index (χ4v) is 4.74. The Morgan fingerprint density at radius 1 is 1.13 bits per heavy atom. The van der Waals surface area contributed by atoms with Crippen molar-refractivity contribution in [2.75, 3.05) is 13.2 Å². The Morgan fingerprint density at radius 2 is 1.84 bits per heavy atom. The van der Waals surface area contributed by atoms with Crippen LogP contribution < -0.4 is 14.2 Å². The predicted molar refractivity (Wildman–Crippen MR) is 107 cm³/mol. The van der Waals surface area contributed by atoms with E-state index in [1.165, 1.54) is 24.3 Å². The van der Waals surface area contributed by atoms with Gasteiger partial charge in [0.2, 0.25) is 10.0 Å². The number of alkyl halides is 3. The summed E-state index contributed by atoms with van der Waals surface area (Å²) in [5, 5.41) is 0. The van der Waals surface area contributed by atoms with Crippen LogP contribution in [0.3, 0.4) is 0 Å². The lowest BCUT2D eigenvalue weighted by molar-refractivity contribution is -0.137. The summed E-state index contributed by atoms with van der Waals surface area (Å²) in [5.74, 6) is 1.12. The molecule has 1 aliphatic rings. The largest absolute Gasteiger partial charge is 0.486 e. The highest BCUT2D eigenvalue weighted by atomic mass is 32.2. The molecule has 0 bridgehead atoms. The van der Waals surface area contributed by atoms with Crippen LogP contribution in [0.2, 0.25) is 0 Å². The first-order chi connectivity index (χ1) is 14.6. The second kappa shape index (κ2) is 7.72. The Morgan fingerprint density at radius 3 is 2.52 bits per heavy atom. The molecular weight excluding hydrogens is 435 g/mol. The van der Waals surface area contributed by atoms with Gasteiger partial charge in [-0.05, 0) is 44.2 Å². The fraction of sp³-hybridized carbons (Fsp3) is 0.350. The van der Waals surface area contributed by atoms with E-state index in [2.05, 4.69) is 9.71 Å². The number of nitrogens with zero attached hydrogens (tertiary/aromatic N) is 2. The molecule has 0 unspecified atom stereocenters. The fourth-order valence-electron chi connectivity index (χ4n) is 3.52. The van der Waals surface area contributed by atoms with Crippen LogP contribution in [0.5, 0.6) is 11.5 Å². The SMILES string of the molecule is CCn1c([C@@H](C)NS(=O)(=O)c2ccc3c(c2)OCCO3)nc2ccc(C(F)(F)F)cc21.